The highest BCUT2D eigenvalue weighted by Crippen LogP contribution is 2.22. The number of halogens is 1. The van der Waals surface area contributed by atoms with E-state index in [1.54, 1.807) is 32.2 Å². The molecule has 1 heterocycles. The van der Waals surface area contributed by atoms with Crippen LogP contribution < -0.4 is 10.6 Å². The first-order valence-electron chi connectivity index (χ1n) is 6.86. The van der Waals surface area contributed by atoms with Crippen LogP contribution in [0.25, 0.3) is 0 Å². The van der Waals surface area contributed by atoms with E-state index in [4.69, 9.17) is 11.6 Å². The molecule has 1 aromatic carbocycles. The third kappa shape index (κ3) is 3.78. The Morgan fingerprint density at radius 2 is 2.09 bits per heavy atom. The van der Waals surface area contributed by atoms with Crippen LogP contribution in [0.3, 0.4) is 0 Å². The van der Waals surface area contributed by atoms with Crippen molar-refractivity contribution in [2.75, 3.05) is 18.4 Å². The zero-order chi connectivity index (χ0) is 17.0. The van der Waals surface area contributed by atoms with Gasteiger partial charge in [-0.3, -0.25) is 19.6 Å². The molecular formula is C14H16ClN5O3. The summed E-state index contributed by atoms with van der Waals surface area (Å²) in [6.07, 6.45) is 0. The number of nitro benzene ring substituents is 1. The van der Waals surface area contributed by atoms with Gasteiger partial charge < -0.3 is 10.6 Å². The summed E-state index contributed by atoms with van der Waals surface area (Å²) in [6, 6.07) is 6.33. The minimum absolute atomic E-state index is 0.00928. The van der Waals surface area contributed by atoms with Crippen LogP contribution in [0, 0.1) is 17.0 Å². The minimum atomic E-state index is -0.459. The number of rotatable bonds is 6. The van der Waals surface area contributed by atoms with Crippen LogP contribution >= 0.6 is 11.6 Å². The van der Waals surface area contributed by atoms with Gasteiger partial charge in [-0.05, 0) is 13.0 Å². The number of carbonyl (C=O) groups is 1. The molecule has 0 atom stereocenters. The van der Waals surface area contributed by atoms with Crippen LogP contribution in [-0.4, -0.2) is 33.7 Å². The molecule has 1 amide bonds. The molecule has 0 spiro atoms. The molecule has 1 aromatic heterocycles. The molecule has 0 fully saturated rings. The maximum absolute atomic E-state index is 12.1. The summed E-state index contributed by atoms with van der Waals surface area (Å²) in [5.74, 6) is -0.329. The summed E-state index contributed by atoms with van der Waals surface area (Å²) >= 11 is 6.02. The average Bonchev–Trinajstić information content (AvgIpc) is 2.76. The predicted octanol–water partition coefficient (Wildman–Crippen LogP) is 2.13. The Bertz CT molecular complexity index is 744. The summed E-state index contributed by atoms with van der Waals surface area (Å²) in [5.41, 5.74) is 1.27. The maximum atomic E-state index is 12.1. The summed E-state index contributed by atoms with van der Waals surface area (Å²) in [4.78, 5) is 22.5. The Balaban J connectivity index is 1.91. The van der Waals surface area contributed by atoms with Crippen molar-refractivity contribution in [3.63, 3.8) is 0 Å². The lowest BCUT2D eigenvalue weighted by Gasteiger charge is -2.08. The molecular weight excluding hydrogens is 322 g/mol. The largest absolute Gasteiger partial charge is 0.378 e. The van der Waals surface area contributed by atoms with E-state index >= 15 is 0 Å². The van der Waals surface area contributed by atoms with Gasteiger partial charge in [0.2, 0.25) is 0 Å². The zero-order valence-corrected chi connectivity index (χ0v) is 13.4. The maximum Gasteiger partial charge on any atom is 0.292 e. The normalized spacial score (nSPS) is 10.4. The fourth-order valence-corrected chi connectivity index (χ4v) is 2.39. The second-order valence-electron chi connectivity index (χ2n) is 4.83. The van der Waals surface area contributed by atoms with Crippen molar-refractivity contribution in [1.29, 1.82) is 0 Å². The van der Waals surface area contributed by atoms with Crippen molar-refractivity contribution in [2.45, 2.75) is 6.92 Å². The lowest BCUT2D eigenvalue weighted by atomic mass is 10.2. The van der Waals surface area contributed by atoms with E-state index in [-0.39, 0.29) is 23.3 Å². The number of para-hydroxylation sites is 2. The number of carbonyl (C=O) groups excluding carboxylic acids is 1. The second-order valence-corrected chi connectivity index (χ2v) is 5.19. The van der Waals surface area contributed by atoms with Gasteiger partial charge in [0, 0.05) is 26.2 Å². The Labute approximate surface area is 137 Å². The molecule has 0 aliphatic heterocycles. The monoisotopic (exact) mass is 337 g/mol. The van der Waals surface area contributed by atoms with Gasteiger partial charge in [-0.1, -0.05) is 23.7 Å². The SMILES string of the molecule is Cc1nn(C)c(Cl)c1C(=O)NCCNc1ccccc1[N+](=O)[O-]. The summed E-state index contributed by atoms with van der Waals surface area (Å²) in [6.45, 7) is 2.33. The summed E-state index contributed by atoms with van der Waals surface area (Å²) in [7, 11) is 1.65. The van der Waals surface area contributed by atoms with E-state index in [1.165, 1.54) is 10.7 Å². The van der Waals surface area contributed by atoms with Crippen LogP contribution in [0.2, 0.25) is 5.15 Å². The number of hydrogen-bond acceptors (Lipinski definition) is 5. The summed E-state index contributed by atoms with van der Waals surface area (Å²) in [5, 5.41) is 20.9. The number of amides is 1. The number of hydrogen-bond donors (Lipinski definition) is 2. The predicted molar refractivity (Wildman–Crippen MR) is 86.9 cm³/mol. The van der Waals surface area contributed by atoms with E-state index in [9.17, 15) is 14.9 Å². The van der Waals surface area contributed by atoms with Gasteiger partial charge in [0.25, 0.3) is 11.6 Å². The fraction of sp³-hybridized carbons (Fsp3) is 0.286. The number of benzene rings is 1. The molecule has 0 aliphatic carbocycles. The average molecular weight is 338 g/mol. The fourth-order valence-electron chi connectivity index (χ4n) is 2.13. The third-order valence-electron chi connectivity index (χ3n) is 3.21. The van der Waals surface area contributed by atoms with Gasteiger partial charge in [-0.25, -0.2) is 0 Å². The molecule has 0 bridgehead atoms. The minimum Gasteiger partial charge on any atom is -0.378 e. The van der Waals surface area contributed by atoms with Crippen LogP contribution in [-0.2, 0) is 7.05 Å². The Morgan fingerprint density at radius 3 is 2.70 bits per heavy atom. The van der Waals surface area contributed by atoms with Gasteiger partial charge in [0.05, 0.1) is 16.2 Å². The lowest BCUT2D eigenvalue weighted by Crippen LogP contribution is -2.29. The molecule has 2 N–H and O–H groups in total. The second kappa shape index (κ2) is 7.10. The van der Waals surface area contributed by atoms with Gasteiger partial charge in [0.1, 0.15) is 10.8 Å². The molecule has 0 unspecified atom stereocenters. The molecule has 2 rings (SSSR count). The number of aromatic nitrogens is 2. The number of anilines is 1. The number of nitrogens with one attached hydrogen (secondary N) is 2. The van der Waals surface area contributed by atoms with Crippen molar-refractivity contribution in [1.82, 2.24) is 15.1 Å². The molecule has 8 nitrogen and oxygen atoms in total. The van der Waals surface area contributed by atoms with Gasteiger partial charge in [0.15, 0.2) is 0 Å². The Hall–Kier alpha value is -2.61. The van der Waals surface area contributed by atoms with E-state index in [1.807, 2.05) is 0 Å². The third-order valence-corrected chi connectivity index (χ3v) is 3.64. The van der Waals surface area contributed by atoms with E-state index < -0.39 is 4.92 Å². The van der Waals surface area contributed by atoms with E-state index in [0.717, 1.165) is 0 Å². The summed E-state index contributed by atoms with van der Waals surface area (Å²) < 4.78 is 1.43. The highest BCUT2D eigenvalue weighted by Gasteiger charge is 2.18. The van der Waals surface area contributed by atoms with Crippen molar-refractivity contribution in [3.8, 4) is 0 Å². The standard InChI is InChI=1S/C14H16ClN5O3/c1-9-12(13(15)19(2)18-9)14(21)17-8-7-16-10-5-3-4-6-11(10)20(22)23/h3-6,16H,7-8H2,1-2H3,(H,17,21). The first kappa shape index (κ1) is 16.8. The van der Waals surface area contributed by atoms with Gasteiger partial charge in [-0.15, -0.1) is 0 Å². The van der Waals surface area contributed by atoms with Crippen LogP contribution in [0.1, 0.15) is 16.1 Å². The Kier molecular flexibility index (Phi) is 5.17. The smallest absolute Gasteiger partial charge is 0.292 e. The molecule has 122 valence electrons. The van der Waals surface area contributed by atoms with Crippen molar-refractivity contribution >= 4 is 28.9 Å². The number of aryl methyl sites for hydroxylation is 2. The van der Waals surface area contributed by atoms with Gasteiger partial charge in [-0.2, -0.15) is 5.10 Å². The number of nitro groups is 1. The lowest BCUT2D eigenvalue weighted by molar-refractivity contribution is -0.384. The molecule has 0 radical (unpaired) electrons. The van der Waals surface area contributed by atoms with E-state index in [0.29, 0.717) is 23.5 Å². The Morgan fingerprint density at radius 1 is 1.39 bits per heavy atom. The topological polar surface area (TPSA) is 102 Å². The van der Waals surface area contributed by atoms with Crippen molar-refractivity contribution in [2.24, 2.45) is 7.05 Å². The van der Waals surface area contributed by atoms with Crippen LogP contribution in [0.4, 0.5) is 11.4 Å². The van der Waals surface area contributed by atoms with E-state index in [2.05, 4.69) is 15.7 Å². The van der Waals surface area contributed by atoms with Crippen molar-refractivity contribution in [3.05, 3.63) is 50.8 Å². The first-order valence-corrected chi connectivity index (χ1v) is 7.24. The molecule has 0 saturated carbocycles. The highest BCUT2D eigenvalue weighted by atomic mass is 35.5. The van der Waals surface area contributed by atoms with Crippen molar-refractivity contribution < 1.29 is 9.72 Å². The molecule has 2 aromatic rings. The number of nitrogens with zero attached hydrogens (tertiary/aromatic N) is 3. The quantitative estimate of drug-likeness (QED) is 0.477. The first-order chi connectivity index (χ1) is 10.9. The molecule has 9 heteroatoms. The molecule has 23 heavy (non-hydrogen) atoms. The van der Waals surface area contributed by atoms with Crippen LogP contribution in [0.5, 0.6) is 0 Å². The zero-order valence-electron chi connectivity index (χ0n) is 12.7. The highest BCUT2D eigenvalue weighted by molar-refractivity contribution is 6.33. The molecule has 0 saturated heterocycles. The van der Waals surface area contributed by atoms with Crippen LogP contribution in [0.15, 0.2) is 24.3 Å². The molecule has 0 aliphatic rings. The van der Waals surface area contributed by atoms with Gasteiger partial charge >= 0.3 is 0 Å².